The minimum absolute atomic E-state index is 0.0505. The molecule has 41 heavy (non-hydrogen) atoms. The summed E-state index contributed by atoms with van der Waals surface area (Å²) in [6.45, 7) is 5.48. The summed E-state index contributed by atoms with van der Waals surface area (Å²) in [7, 11) is -4.19. The Morgan fingerprint density at radius 2 is 1.76 bits per heavy atom. The Balaban J connectivity index is 1.67. The number of aryl methyl sites for hydroxylation is 1. The van der Waals surface area contributed by atoms with Crippen LogP contribution in [0.1, 0.15) is 84.1 Å². The zero-order valence-corrected chi connectivity index (χ0v) is 25.5. The minimum Gasteiger partial charge on any atom is -0.480 e. The van der Waals surface area contributed by atoms with Crippen LogP contribution in [-0.4, -0.2) is 59.5 Å². The van der Waals surface area contributed by atoms with Gasteiger partial charge in [0.25, 0.3) is 0 Å². The Bertz CT molecular complexity index is 1030. The van der Waals surface area contributed by atoms with Gasteiger partial charge in [0.05, 0.1) is 6.61 Å². The van der Waals surface area contributed by atoms with E-state index < -0.39 is 43.9 Å². The lowest BCUT2D eigenvalue weighted by atomic mass is 9.79. The zero-order valence-electron chi connectivity index (χ0n) is 24.6. The first-order valence-electron chi connectivity index (χ1n) is 15.0. The van der Waals surface area contributed by atoms with E-state index in [1.54, 1.807) is 20.8 Å². The molecule has 2 fully saturated rings. The van der Waals surface area contributed by atoms with Crippen LogP contribution in [0.25, 0.3) is 0 Å². The molecule has 0 radical (unpaired) electrons. The van der Waals surface area contributed by atoms with Gasteiger partial charge >= 0.3 is 19.5 Å². The van der Waals surface area contributed by atoms with E-state index >= 15 is 0 Å². The Hall–Kier alpha value is -2.26. The van der Waals surface area contributed by atoms with E-state index in [0.717, 1.165) is 38.5 Å². The van der Waals surface area contributed by atoms with Gasteiger partial charge in [-0.1, -0.05) is 83.2 Å². The molecule has 1 aliphatic heterocycles. The lowest BCUT2D eigenvalue weighted by Crippen LogP contribution is -2.42. The molecule has 1 heterocycles. The first kappa shape index (κ1) is 33.2. The predicted molar refractivity (Wildman–Crippen MR) is 153 cm³/mol. The molecule has 0 bridgehead atoms. The number of carbonyl (C=O) groups excluding carboxylic acids is 2. The van der Waals surface area contributed by atoms with Gasteiger partial charge in [-0.3, -0.25) is 14.2 Å². The van der Waals surface area contributed by atoms with Crippen LogP contribution in [0.15, 0.2) is 30.3 Å². The van der Waals surface area contributed by atoms with Crippen LogP contribution < -0.4 is 0 Å². The molecule has 1 aliphatic carbocycles. The van der Waals surface area contributed by atoms with Crippen LogP contribution in [-0.2, 0) is 44.2 Å². The summed E-state index contributed by atoms with van der Waals surface area (Å²) >= 11 is 0. The van der Waals surface area contributed by atoms with Crippen molar-refractivity contribution in [3.05, 3.63) is 35.9 Å². The number of aliphatic carboxylic acids is 1. The van der Waals surface area contributed by atoms with Crippen molar-refractivity contribution in [3.8, 4) is 0 Å². The summed E-state index contributed by atoms with van der Waals surface area (Å²) in [4.78, 5) is 44.0. The van der Waals surface area contributed by atoms with E-state index in [-0.39, 0.29) is 24.9 Å². The molecule has 1 amide bonds. The Labute approximate surface area is 243 Å². The van der Waals surface area contributed by atoms with Crippen molar-refractivity contribution in [3.63, 3.8) is 0 Å². The smallest absolute Gasteiger partial charge is 0.367 e. The maximum atomic E-state index is 13.9. The summed E-state index contributed by atoms with van der Waals surface area (Å²) in [5.41, 5.74) is 1.17. The number of carbonyl (C=O) groups is 3. The molecule has 1 unspecified atom stereocenters. The van der Waals surface area contributed by atoms with Gasteiger partial charge in [-0.25, -0.2) is 4.79 Å². The molecule has 4 atom stereocenters. The maximum Gasteiger partial charge on any atom is 0.367 e. The van der Waals surface area contributed by atoms with E-state index in [0.29, 0.717) is 25.3 Å². The molecular formula is C30H46NO9P. The standard InChI is InChI=1S/C30H46NO9P/c1-4-28(33)38-30(22(2)3)39-40-41(36,37-18-12-11-15-23-13-7-5-8-14-23)21-27(32)31-20-25(19-26(31)29(34)35)24-16-9-6-10-17-24/h5,7-8,13-14,22,24-26,30H,4,6,9-12,15-21H2,1-3H3,(H,34,35)/t25-,26+,30+,41?/m1/s1. The van der Waals surface area contributed by atoms with Gasteiger partial charge in [-0.05, 0) is 43.1 Å². The third kappa shape index (κ3) is 10.5. The van der Waals surface area contributed by atoms with E-state index in [1.165, 1.54) is 16.9 Å². The summed E-state index contributed by atoms with van der Waals surface area (Å²) in [5, 5.41) is 9.89. The van der Waals surface area contributed by atoms with Crippen LogP contribution in [0, 0.1) is 17.8 Å². The van der Waals surface area contributed by atoms with E-state index in [1.807, 2.05) is 30.3 Å². The van der Waals surface area contributed by atoms with Gasteiger partial charge < -0.3 is 19.3 Å². The fourth-order valence-corrected chi connectivity index (χ4v) is 6.87. The number of likely N-dealkylation sites (tertiary alicyclic amines) is 1. The number of nitrogens with zero attached hydrogens (tertiary/aromatic N) is 1. The number of hydrogen-bond donors (Lipinski definition) is 1. The largest absolute Gasteiger partial charge is 0.480 e. The summed E-state index contributed by atoms with van der Waals surface area (Å²) in [6, 6.07) is 8.96. The normalized spacial score (nSPS) is 21.9. The number of amides is 1. The van der Waals surface area contributed by atoms with Gasteiger partial charge in [-0.2, -0.15) is 4.89 Å². The average Bonchev–Trinajstić information content (AvgIpc) is 3.42. The average molecular weight is 596 g/mol. The topological polar surface area (TPSA) is 129 Å². The van der Waals surface area contributed by atoms with Crippen molar-refractivity contribution in [2.24, 2.45) is 17.8 Å². The maximum absolute atomic E-state index is 13.9. The lowest BCUT2D eigenvalue weighted by Gasteiger charge is -2.28. The molecule has 1 aromatic carbocycles. The monoisotopic (exact) mass is 595 g/mol. The molecule has 1 saturated carbocycles. The number of carboxylic acid groups (broad SMARTS) is 1. The number of unbranched alkanes of at least 4 members (excludes halogenated alkanes) is 1. The Morgan fingerprint density at radius 3 is 2.39 bits per heavy atom. The van der Waals surface area contributed by atoms with Gasteiger partial charge in [0.2, 0.25) is 12.2 Å². The summed E-state index contributed by atoms with van der Waals surface area (Å²) in [5.74, 6) is -2.05. The third-order valence-electron chi connectivity index (χ3n) is 7.91. The van der Waals surface area contributed by atoms with Crippen LogP contribution in [0.2, 0.25) is 0 Å². The molecular weight excluding hydrogens is 549 g/mol. The van der Waals surface area contributed by atoms with Crippen LogP contribution in [0.4, 0.5) is 0 Å². The van der Waals surface area contributed by atoms with Crippen LogP contribution in [0.5, 0.6) is 0 Å². The van der Waals surface area contributed by atoms with Gasteiger partial charge in [0.1, 0.15) is 12.2 Å². The molecule has 2 aliphatic rings. The number of hydrogen-bond acceptors (Lipinski definition) is 8. The number of ether oxygens (including phenoxy) is 1. The summed E-state index contributed by atoms with van der Waals surface area (Å²) < 4.78 is 30.1. The van der Waals surface area contributed by atoms with E-state index in [4.69, 9.17) is 18.8 Å². The molecule has 11 heteroatoms. The van der Waals surface area contributed by atoms with Gasteiger partial charge in [-0.15, -0.1) is 4.67 Å². The number of carboxylic acids is 1. The number of esters is 1. The second kappa shape index (κ2) is 16.4. The first-order valence-corrected chi connectivity index (χ1v) is 16.7. The van der Waals surface area contributed by atoms with Crippen molar-refractivity contribution >= 4 is 25.4 Å². The van der Waals surface area contributed by atoms with Crippen molar-refractivity contribution in [2.45, 2.75) is 97.3 Å². The SMILES string of the molecule is CCC(=O)O[C@@H](OOP(=O)(CC(=O)N1C[C@H](C2CCCCC2)C[C@H]1C(=O)O)OCCCCc1ccccc1)C(C)C. The molecule has 3 rings (SSSR count). The second-order valence-electron chi connectivity index (χ2n) is 11.5. The van der Waals surface area contributed by atoms with Crippen LogP contribution >= 0.6 is 7.60 Å². The number of rotatable bonds is 16. The quantitative estimate of drug-likeness (QED) is 0.0612. The highest BCUT2D eigenvalue weighted by atomic mass is 31.2. The molecule has 10 nitrogen and oxygen atoms in total. The highest BCUT2D eigenvalue weighted by molar-refractivity contribution is 7.54. The van der Waals surface area contributed by atoms with Crippen molar-refractivity contribution in [2.75, 3.05) is 19.3 Å². The molecule has 0 aromatic heterocycles. The third-order valence-corrected chi connectivity index (χ3v) is 9.45. The van der Waals surface area contributed by atoms with Gasteiger partial charge in [0, 0.05) is 18.9 Å². The minimum atomic E-state index is -4.19. The molecule has 1 N–H and O–H groups in total. The fraction of sp³-hybridized carbons (Fsp3) is 0.700. The van der Waals surface area contributed by atoms with Crippen LogP contribution in [0.3, 0.4) is 0 Å². The highest BCUT2D eigenvalue weighted by Gasteiger charge is 2.45. The summed E-state index contributed by atoms with van der Waals surface area (Å²) in [6.07, 6.45) is 6.30. The second-order valence-corrected chi connectivity index (χ2v) is 13.4. The lowest BCUT2D eigenvalue weighted by molar-refractivity contribution is -0.326. The predicted octanol–water partition coefficient (Wildman–Crippen LogP) is 5.98. The highest BCUT2D eigenvalue weighted by Crippen LogP contribution is 2.50. The van der Waals surface area contributed by atoms with Crippen molar-refractivity contribution < 1.29 is 42.9 Å². The van der Waals surface area contributed by atoms with E-state index in [2.05, 4.69) is 0 Å². The zero-order chi connectivity index (χ0) is 29.8. The van der Waals surface area contributed by atoms with Gasteiger partial charge in [0.15, 0.2) is 0 Å². The Kier molecular flexibility index (Phi) is 13.3. The fourth-order valence-electron chi connectivity index (χ4n) is 5.54. The van der Waals surface area contributed by atoms with E-state index in [9.17, 15) is 24.1 Å². The first-order chi connectivity index (χ1) is 19.6. The van der Waals surface area contributed by atoms with Crippen molar-refractivity contribution in [1.82, 2.24) is 4.90 Å². The molecule has 1 saturated heterocycles. The Morgan fingerprint density at radius 1 is 1.05 bits per heavy atom. The number of benzene rings is 1. The molecule has 230 valence electrons. The van der Waals surface area contributed by atoms with Crippen molar-refractivity contribution in [1.29, 1.82) is 0 Å². The molecule has 1 aromatic rings. The molecule has 0 spiro atoms.